The van der Waals surface area contributed by atoms with Crippen LogP contribution in [0.3, 0.4) is 0 Å². The van der Waals surface area contributed by atoms with Crippen molar-refractivity contribution in [3.63, 3.8) is 0 Å². The molecule has 0 bridgehead atoms. The molecule has 0 aromatic heterocycles. The summed E-state index contributed by atoms with van der Waals surface area (Å²) in [5.41, 5.74) is 1.32. The van der Waals surface area contributed by atoms with Gasteiger partial charge in [0, 0.05) is 12.6 Å². The zero-order valence-corrected chi connectivity index (χ0v) is 13.1. The molecule has 0 fully saturated rings. The molecule has 0 saturated heterocycles. The summed E-state index contributed by atoms with van der Waals surface area (Å²) in [6, 6.07) is 9.03. The molecule has 0 unspecified atom stereocenters. The fraction of sp³-hybridized carbons (Fsp3) is 0.647. The van der Waals surface area contributed by atoms with Crippen LogP contribution in [-0.4, -0.2) is 24.6 Å². The summed E-state index contributed by atoms with van der Waals surface area (Å²) in [5.74, 6) is 1.76. The Bertz CT molecular complexity index is 360. The predicted molar refractivity (Wildman–Crippen MR) is 82.6 cm³/mol. The number of ether oxygens (including phenoxy) is 1. The summed E-state index contributed by atoms with van der Waals surface area (Å²) < 4.78 is 5.82. The minimum atomic E-state index is 0.565. The molecular formula is C17H29NO. The minimum Gasteiger partial charge on any atom is -0.494 e. The highest BCUT2D eigenvalue weighted by molar-refractivity contribution is 5.28. The summed E-state index contributed by atoms with van der Waals surface area (Å²) in [5, 5.41) is 0. The molecule has 0 saturated carbocycles. The van der Waals surface area contributed by atoms with E-state index in [4.69, 9.17) is 4.74 Å². The molecule has 0 aliphatic carbocycles. The Kier molecular flexibility index (Phi) is 6.93. The van der Waals surface area contributed by atoms with Crippen LogP contribution in [0.2, 0.25) is 0 Å². The molecule has 0 amide bonds. The topological polar surface area (TPSA) is 12.5 Å². The normalized spacial score (nSPS) is 11.6. The molecule has 0 atom stereocenters. The molecule has 0 radical (unpaired) electrons. The Morgan fingerprint density at radius 3 is 2.53 bits per heavy atom. The van der Waals surface area contributed by atoms with Crippen molar-refractivity contribution in [3.05, 3.63) is 29.8 Å². The Morgan fingerprint density at radius 1 is 1.16 bits per heavy atom. The van der Waals surface area contributed by atoms with Crippen molar-refractivity contribution in [2.75, 3.05) is 13.7 Å². The van der Waals surface area contributed by atoms with E-state index >= 15 is 0 Å². The van der Waals surface area contributed by atoms with Gasteiger partial charge < -0.3 is 4.74 Å². The van der Waals surface area contributed by atoms with E-state index < -0.39 is 0 Å². The van der Waals surface area contributed by atoms with E-state index in [0.717, 1.165) is 31.2 Å². The van der Waals surface area contributed by atoms with Crippen molar-refractivity contribution < 1.29 is 4.74 Å². The number of hydrogen-bond donors (Lipinski definition) is 0. The maximum atomic E-state index is 5.82. The lowest BCUT2D eigenvalue weighted by atomic mass is 10.1. The molecular weight excluding hydrogens is 234 g/mol. The lowest BCUT2D eigenvalue weighted by Gasteiger charge is -2.21. The molecule has 19 heavy (non-hydrogen) atoms. The van der Waals surface area contributed by atoms with Crippen LogP contribution in [0.4, 0.5) is 0 Å². The molecule has 0 spiro atoms. The van der Waals surface area contributed by atoms with E-state index in [1.54, 1.807) is 0 Å². The van der Waals surface area contributed by atoms with Crippen LogP contribution < -0.4 is 4.74 Å². The van der Waals surface area contributed by atoms with Crippen molar-refractivity contribution >= 4 is 0 Å². The van der Waals surface area contributed by atoms with Gasteiger partial charge in [0.2, 0.25) is 0 Å². The van der Waals surface area contributed by atoms with Gasteiger partial charge in [0.15, 0.2) is 0 Å². The van der Waals surface area contributed by atoms with Crippen LogP contribution in [-0.2, 0) is 6.54 Å². The maximum Gasteiger partial charge on any atom is 0.119 e. The van der Waals surface area contributed by atoms with Crippen molar-refractivity contribution in [3.8, 4) is 5.75 Å². The zero-order chi connectivity index (χ0) is 14.3. The maximum absolute atomic E-state index is 5.82. The summed E-state index contributed by atoms with van der Waals surface area (Å²) in [6.07, 6.45) is 2.36. The molecule has 0 aliphatic rings. The fourth-order valence-electron chi connectivity index (χ4n) is 1.89. The smallest absolute Gasteiger partial charge is 0.119 e. The molecule has 0 heterocycles. The molecule has 2 nitrogen and oxygen atoms in total. The van der Waals surface area contributed by atoms with Crippen LogP contribution in [0.1, 0.15) is 46.1 Å². The summed E-state index contributed by atoms with van der Waals surface area (Å²) in [7, 11) is 2.15. The standard InChI is InChI=1S/C17H29NO/c1-14(2)8-7-11-19-17-10-6-9-16(12-17)13-18(5)15(3)4/h6,9-10,12,14-15H,7-8,11,13H2,1-5H3. The van der Waals surface area contributed by atoms with E-state index in [9.17, 15) is 0 Å². The third-order valence-electron chi connectivity index (χ3n) is 3.41. The lowest BCUT2D eigenvalue weighted by Crippen LogP contribution is -2.25. The largest absolute Gasteiger partial charge is 0.494 e. The van der Waals surface area contributed by atoms with Crippen LogP contribution >= 0.6 is 0 Å². The van der Waals surface area contributed by atoms with Crippen LogP contribution in [0.5, 0.6) is 5.75 Å². The Labute approximate surface area is 118 Å². The van der Waals surface area contributed by atoms with Crippen molar-refractivity contribution in [1.82, 2.24) is 4.90 Å². The Hall–Kier alpha value is -1.02. The van der Waals surface area contributed by atoms with Crippen LogP contribution in [0.15, 0.2) is 24.3 Å². The fourth-order valence-corrected chi connectivity index (χ4v) is 1.89. The third-order valence-corrected chi connectivity index (χ3v) is 3.41. The van der Waals surface area contributed by atoms with Gasteiger partial charge in [-0.3, -0.25) is 4.90 Å². The first-order valence-electron chi connectivity index (χ1n) is 7.41. The molecule has 1 aromatic rings. The molecule has 0 N–H and O–H groups in total. The van der Waals surface area contributed by atoms with Crippen LogP contribution in [0, 0.1) is 5.92 Å². The third kappa shape index (κ3) is 6.63. The quantitative estimate of drug-likeness (QED) is 0.647. The summed E-state index contributed by atoms with van der Waals surface area (Å²) >= 11 is 0. The number of nitrogens with zero attached hydrogens (tertiary/aromatic N) is 1. The van der Waals surface area contributed by atoms with Gasteiger partial charge in [-0.25, -0.2) is 0 Å². The molecule has 1 rings (SSSR count). The second-order valence-corrected chi connectivity index (χ2v) is 6.04. The second-order valence-electron chi connectivity index (χ2n) is 6.04. The molecule has 2 heteroatoms. The first kappa shape index (κ1) is 16.0. The zero-order valence-electron chi connectivity index (χ0n) is 13.1. The molecule has 0 aliphatic heterocycles. The van der Waals surface area contributed by atoms with Gasteiger partial charge in [-0.05, 0) is 57.4 Å². The Balaban J connectivity index is 2.43. The highest BCUT2D eigenvalue weighted by Crippen LogP contribution is 2.16. The summed E-state index contributed by atoms with van der Waals surface area (Å²) in [4.78, 5) is 2.33. The highest BCUT2D eigenvalue weighted by Gasteiger charge is 2.05. The van der Waals surface area contributed by atoms with E-state index in [1.165, 1.54) is 12.0 Å². The SMILES string of the molecule is CC(C)CCCOc1cccc(CN(C)C(C)C)c1. The number of benzene rings is 1. The van der Waals surface area contributed by atoms with Crippen molar-refractivity contribution in [2.45, 2.75) is 53.1 Å². The monoisotopic (exact) mass is 263 g/mol. The first-order valence-corrected chi connectivity index (χ1v) is 7.41. The second kappa shape index (κ2) is 8.21. The highest BCUT2D eigenvalue weighted by atomic mass is 16.5. The van der Waals surface area contributed by atoms with Gasteiger partial charge >= 0.3 is 0 Å². The van der Waals surface area contributed by atoms with Crippen LogP contribution in [0.25, 0.3) is 0 Å². The lowest BCUT2D eigenvalue weighted by molar-refractivity contribution is 0.264. The van der Waals surface area contributed by atoms with E-state index in [0.29, 0.717) is 6.04 Å². The van der Waals surface area contributed by atoms with Gasteiger partial charge in [-0.2, -0.15) is 0 Å². The first-order chi connectivity index (χ1) is 8.99. The van der Waals surface area contributed by atoms with Crippen molar-refractivity contribution in [1.29, 1.82) is 0 Å². The predicted octanol–water partition coefficient (Wildman–Crippen LogP) is 4.34. The van der Waals surface area contributed by atoms with Gasteiger partial charge in [0.25, 0.3) is 0 Å². The van der Waals surface area contributed by atoms with Gasteiger partial charge in [0.1, 0.15) is 5.75 Å². The average Bonchev–Trinajstić information content (AvgIpc) is 2.35. The Morgan fingerprint density at radius 2 is 1.89 bits per heavy atom. The van der Waals surface area contributed by atoms with E-state index in [2.05, 4.69) is 57.8 Å². The van der Waals surface area contributed by atoms with E-state index in [-0.39, 0.29) is 0 Å². The van der Waals surface area contributed by atoms with Crippen molar-refractivity contribution in [2.24, 2.45) is 5.92 Å². The van der Waals surface area contributed by atoms with E-state index in [1.807, 2.05) is 6.07 Å². The van der Waals surface area contributed by atoms with Gasteiger partial charge in [0.05, 0.1) is 6.61 Å². The molecule has 1 aromatic carbocycles. The number of hydrogen-bond acceptors (Lipinski definition) is 2. The molecule has 108 valence electrons. The van der Waals surface area contributed by atoms with Gasteiger partial charge in [-0.15, -0.1) is 0 Å². The van der Waals surface area contributed by atoms with Gasteiger partial charge in [-0.1, -0.05) is 26.0 Å². The number of rotatable bonds is 8. The average molecular weight is 263 g/mol. The minimum absolute atomic E-state index is 0.565. The summed E-state index contributed by atoms with van der Waals surface area (Å²) in [6.45, 7) is 10.7.